The van der Waals surface area contributed by atoms with Gasteiger partial charge in [-0.05, 0) is 62.3 Å². The first kappa shape index (κ1) is 20.9. The van der Waals surface area contributed by atoms with Crippen molar-refractivity contribution in [2.45, 2.75) is 76.7 Å². The van der Waals surface area contributed by atoms with Crippen molar-refractivity contribution in [1.82, 2.24) is 9.78 Å². The van der Waals surface area contributed by atoms with Crippen molar-refractivity contribution in [1.29, 1.82) is 0 Å². The van der Waals surface area contributed by atoms with E-state index in [2.05, 4.69) is 12.0 Å². The maximum Gasteiger partial charge on any atom is 0.123 e. The molecule has 1 unspecified atom stereocenters. The number of rotatable bonds is 5. The van der Waals surface area contributed by atoms with Crippen molar-refractivity contribution in [3.05, 3.63) is 58.7 Å². The van der Waals surface area contributed by atoms with E-state index in [1.54, 1.807) is 12.1 Å². The Morgan fingerprint density at radius 1 is 1.19 bits per heavy atom. The molecular formula is C26H33FN2O2. The fourth-order valence-electron chi connectivity index (χ4n) is 6.60. The molecule has 0 aliphatic heterocycles. The summed E-state index contributed by atoms with van der Waals surface area (Å²) < 4.78 is 15.3. The molecule has 31 heavy (non-hydrogen) atoms. The van der Waals surface area contributed by atoms with Crippen LogP contribution in [0, 0.1) is 17.2 Å². The van der Waals surface area contributed by atoms with Crippen molar-refractivity contribution < 1.29 is 14.6 Å². The molecule has 2 aromatic rings. The molecule has 1 fully saturated rings. The Morgan fingerprint density at radius 2 is 1.94 bits per heavy atom. The molecule has 0 saturated heterocycles. The molecule has 3 aliphatic rings. The maximum absolute atomic E-state index is 13.4. The molecule has 166 valence electrons. The van der Waals surface area contributed by atoms with Crippen LogP contribution in [0.3, 0.4) is 0 Å². The highest BCUT2D eigenvalue weighted by Gasteiger charge is 2.47. The molecule has 1 saturated carbocycles. The topological polar surface area (TPSA) is 58.3 Å². The van der Waals surface area contributed by atoms with E-state index in [9.17, 15) is 14.6 Å². The van der Waals surface area contributed by atoms with Gasteiger partial charge >= 0.3 is 0 Å². The number of aliphatic hydroxyl groups is 2. The molecular weight excluding hydrogens is 391 g/mol. The van der Waals surface area contributed by atoms with E-state index in [-0.39, 0.29) is 29.9 Å². The molecule has 1 aromatic carbocycles. The average Bonchev–Trinajstić information content (AvgIpc) is 3.38. The molecule has 5 rings (SSSR count). The van der Waals surface area contributed by atoms with Crippen LogP contribution >= 0.6 is 0 Å². The number of fused-ring (bicyclic) bond motifs is 1. The molecule has 0 amide bonds. The second-order valence-electron chi connectivity index (χ2n) is 9.96. The first-order valence-electron chi connectivity index (χ1n) is 11.9. The summed E-state index contributed by atoms with van der Waals surface area (Å²) in [6.45, 7) is 2.31. The Balaban J connectivity index is 1.44. The zero-order valence-electron chi connectivity index (χ0n) is 18.4. The molecule has 0 spiro atoms. The summed E-state index contributed by atoms with van der Waals surface area (Å²) in [5, 5.41) is 26.3. The smallest absolute Gasteiger partial charge is 0.123 e. The molecule has 3 aliphatic carbocycles. The Kier molecular flexibility index (Phi) is 5.51. The molecule has 1 aromatic heterocycles. The lowest BCUT2D eigenvalue weighted by molar-refractivity contribution is 0.0231. The quantitative estimate of drug-likeness (QED) is 0.659. The predicted molar refractivity (Wildman–Crippen MR) is 119 cm³/mol. The number of halogens is 1. The zero-order valence-corrected chi connectivity index (χ0v) is 18.4. The van der Waals surface area contributed by atoms with Crippen LogP contribution in [-0.4, -0.2) is 32.7 Å². The predicted octanol–water partition coefficient (Wildman–Crippen LogP) is 5.07. The van der Waals surface area contributed by atoms with E-state index in [1.807, 2.05) is 10.9 Å². The van der Waals surface area contributed by atoms with Crippen molar-refractivity contribution >= 4 is 0 Å². The van der Waals surface area contributed by atoms with Gasteiger partial charge in [-0.2, -0.15) is 5.10 Å². The second-order valence-corrected chi connectivity index (χ2v) is 9.96. The summed E-state index contributed by atoms with van der Waals surface area (Å²) in [7, 11) is 0. The Hall–Kier alpha value is -1.98. The minimum atomic E-state index is -0.338. The van der Waals surface area contributed by atoms with Crippen molar-refractivity contribution in [2.75, 3.05) is 6.61 Å². The van der Waals surface area contributed by atoms with Crippen LogP contribution < -0.4 is 0 Å². The number of aliphatic hydroxyl groups excluding tert-OH is 2. The lowest BCUT2D eigenvalue weighted by atomic mass is 9.67. The molecule has 0 radical (unpaired) electrons. The number of hydrogen-bond donors (Lipinski definition) is 2. The van der Waals surface area contributed by atoms with E-state index in [0.717, 1.165) is 37.8 Å². The lowest BCUT2D eigenvalue weighted by Crippen LogP contribution is -2.36. The van der Waals surface area contributed by atoms with Gasteiger partial charge in [-0.15, -0.1) is 0 Å². The van der Waals surface area contributed by atoms with Crippen molar-refractivity contribution in [3.8, 4) is 5.69 Å². The molecule has 4 nitrogen and oxygen atoms in total. The van der Waals surface area contributed by atoms with Crippen LogP contribution in [-0.2, 0) is 6.42 Å². The second kappa shape index (κ2) is 8.18. The first-order chi connectivity index (χ1) is 15.0. The number of aromatic nitrogens is 2. The van der Waals surface area contributed by atoms with Gasteiger partial charge in [0.05, 0.1) is 30.3 Å². The highest BCUT2D eigenvalue weighted by Crippen LogP contribution is 2.56. The van der Waals surface area contributed by atoms with Crippen LogP contribution in [0.25, 0.3) is 5.69 Å². The Morgan fingerprint density at radius 3 is 2.65 bits per heavy atom. The largest absolute Gasteiger partial charge is 0.395 e. The average molecular weight is 425 g/mol. The first-order valence-corrected chi connectivity index (χ1v) is 11.9. The third-order valence-corrected chi connectivity index (χ3v) is 8.21. The maximum atomic E-state index is 13.4. The Bertz CT molecular complexity index is 974. The number of allylic oxidation sites excluding steroid dienone is 1. The monoisotopic (exact) mass is 424 g/mol. The van der Waals surface area contributed by atoms with E-state index < -0.39 is 0 Å². The van der Waals surface area contributed by atoms with Gasteiger partial charge in [0.15, 0.2) is 0 Å². The number of hydrogen-bond acceptors (Lipinski definition) is 3. The van der Waals surface area contributed by atoms with Crippen molar-refractivity contribution in [2.24, 2.45) is 11.3 Å². The van der Waals surface area contributed by atoms with E-state index >= 15 is 0 Å². The Labute approximate surface area is 183 Å². The van der Waals surface area contributed by atoms with E-state index in [0.29, 0.717) is 12.3 Å². The minimum Gasteiger partial charge on any atom is -0.395 e. The fraction of sp³-hybridized carbons (Fsp3) is 0.577. The van der Waals surface area contributed by atoms with Gasteiger partial charge in [0.2, 0.25) is 0 Å². The summed E-state index contributed by atoms with van der Waals surface area (Å²) in [5.41, 5.74) is 5.65. The van der Waals surface area contributed by atoms with E-state index in [4.69, 9.17) is 0 Å². The van der Waals surface area contributed by atoms with Gasteiger partial charge in [0.25, 0.3) is 0 Å². The summed E-state index contributed by atoms with van der Waals surface area (Å²) in [6.07, 6.45) is 10.9. The molecule has 2 N–H and O–H groups in total. The van der Waals surface area contributed by atoms with Gasteiger partial charge in [-0.25, -0.2) is 9.07 Å². The standard InChI is InChI=1S/C26H33FN2O2/c1-17-22-15-28-29(21-9-7-20(27)8-10-21)23(22)13-19-11-12-26(16-30,25(17)19)14-24(31)18-5-3-2-4-6-18/h7-10,15,17-18,24,30-31H,2-6,11-14,16H2,1H3/t17-,24?,26-/m1/s1. The fourth-order valence-corrected chi connectivity index (χ4v) is 6.60. The van der Waals surface area contributed by atoms with Gasteiger partial charge in [-0.1, -0.05) is 37.3 Å². The highest BCUT2D eigenvalue weighted by molar-refractivity contribution is 5.49. The van der Waals surface area contributed by atoms with Crippen LogP contribution in [0.15, 0.2) is 41.6 Å². The summed E-state index contributed by atoms with van der Waals surface area (Å²) in [6, 6.07) is 6.48. The van der Waals surface area contributed by atoms with Crippen LogP contribution in [0.4, 0.5) is 4.39 Å². The normalized spacial score (nSPS) is 27.3. The zero-order chi connectivity index (χ0) is 21.6. The number of benzene rings is 1. The molecule has 5 heteroatoms. The summed E-state index contributed by atoms with van der Waals surface area (Å²) in [4.78, 5) is 0. The molecule has 0 bridgehead atoms. The summed E-state index contributed by atoms with van der Waals surface area (Å²) >= 11 is 0. The minimum absolute atomic E-state index is 0.0986. The van der Waals surface area contributed by atoms with Gasteiger partial charge in [0, 0.05) is 23.3 Å². The van der Waals surface area contributed by atoms with Gasteiger partial charge in [-0.3, -0.25) is 0 Å². The highest BCUT2D eigenvalue weighted by atomic mass is 19.1. The van der Waals surface area contributed by atoms with Gasteiger partial charge < -0.3 is 10.2 Å². The third-order valence-electron chi connectivity index (χ3n) is 8.21. The van der Waals surface area contributed by atoms with Crippen LogP contribution in [0.1, 0.15) is 75.5 Å². The molecule has 1 heterocycles. The van der Waals surface area contributed by atoms with Crippen LogP contribution in [0.2, 0.25) is 0 Å². The summed E-state index contributed by atoms with van der Waals surface area (Å²) in [5.74, 6) is 0.293. The molecule has 3 atom stereocenters. The van der Waals surface area contributed by atoms with Gasteiger partial charge in [0.1, 0.15) is 5.82 Å². The SMILES string of the molecule is C[C@H]1C2=C(CC[C@]2(CO)CC(O)C2CCCCC2)Cc2c1cnn2-c1ccc(F)cc1. The van der Waals surface area contributed by atoms with Crippen LogP contribution in [0.5, 0.6) is 0 Å². The number of nitrogens with zero attached hydrogens (tertiary/aromatic N) is 2. The van der Waals surface area contributed by atoms with E-state index in [1.165, 1.54) is 53.8 Å². The van der Waals surface area contributed by atoms with Crippen molar-refractivity contribution in [3.63, 3.8) is 0 Å². The third kappa shape index (κ3) is 3.56. The lowest BCUT2D eigenvalue weighted by Gasteiger charge is -2.39.